The molecule has 1 saturated carbocycles. The van der Waals surface area contributed by atoms with Crippen LogP contribution in [0.4, 0.5) is 0 Å². The fraction of sp³-hybridized carbons (Fsp3) is 0.474. The summed E-state index contributed by atoms with van der Waals surface area (Å²) in [5, 5.41) is 0. The van der Waals surface area contributed by atoms with Gasteiger partial charge in [0.05, 0.1) is 0 Å². The van der Waals surface area contributed by atoms with Crippen LogP contribution in [0.3, 0.4) is 0 Å². The second kappa shape index (κ2) is 6.65. The Bertz CT molecular complexity index is 706. The minimum Gasteiger partial charge on any atom is -0.340 e. The number of carbonyl (C=O) groups is 1. The standard InChI is InChI=1S/C19H23N3OS/c1-14-2-3-18(24-14)16-12-17(16)19(23)22-10-8-21(9-11-22)13-15-4-6-20-7-5-15/h2-7,16-17H,8-13H2,1H3/t16-,17-/m1/s1. The van der Waals surface area contributed by atoms with Crippen LogP contribution in [0.2, 0.25) is 0 Å². The first-order valence-electron chi connectivity index (χ1n) is 8.67. The van der Waals surface area contributed by atoms with Crippen molar-refractivity contribution in [3.63, 3.8) is 0 Å². The number of piperazine rings is 1. The van der Waals surface area contributed by atoms with E-state index in [9.17, 15) is 4.79 Å². The van der Waals surface area contributed by atoms with Gasteiger partial charge in [0.25, 0.3) is 0 Å². The third kappa shape index (κ3) is 3.37. The van der Waals surface area contributed by atoms with Gasteiger partial charge in [0.2, 0.25) is 5.91 Å². The Kier molecular flexibility index (Phi) is 4.37. The quantitative estimate of drug-likeness (QED) is 0.858. The summed E-state index contributed by atoms with van der Waals surface area (Å²) in [6.07, 6.45) is 4.72. The molecule has 2 fully saturated rings. The molecule has 0 aromatic carbocycles. The van der Waals surface area contributed by atoms with E-state index in [-0.39, 0.29) is 5.92 Å². The summed E-state index contributed by atoms with van der Waals surface area (Å²) in [6, 6.07) is 8.49. The van der Waals surface area contributed by atoms with Gasteiger partial charge in [-0.2, -0.15) is 0 Å². The maximum atomic E-state index is 12.7. The van der Waals surface area contributed by atoms with Gasteiger partial charge in [-0.25, -0.2) is 0 Å². The number of pyridine rings is 1. The van der Waals surface area contributed by atoms with E-state index in [0.717, 1.165) is 39.1 Å². The van der Waals surface area contributed by atoms with E-state index in [1.165, 1.54) is 15.3 Å². The highest BCUT2D eigenvalue weighted by atomic mass is 32.1. The van der Waals surface area contributed by atoms with Crippen LogP contribution in [0.15, 0.2) is 36.7 Å². The summed E-state index contributed by atoms with van der Waals surface area (Å²) in [4.78, 5) is 24.0. The molecule has 5 heteroatoms. The molecule has 0 bridgehead atoms. The Balaban J connectivity index is 1.28. The zero-order valence-electron chi connectivity index (χ0n) is 14.0. The van der Waals surface area contributed by atoms with Crippen LogP contribution in [0.5, 0.6) is 0 Å². The summed E-state index contributed by atoms with van der Waals surface area (Å²) in [6.45, 7) is 6.72. The minimum atomic E-state index is 0.231. The zero-order chi connectivity index (χ0) is 16.5. The molecule has 3 heterocycles. The molecule has 0 spiro atoms. The summed E-state index contributed by atoms with van der Waals surface area (Å²) in [7, 11) is 0. The number of hydrogen-bond acceptors (Lipinski definition) is 4. The molecule has 1 amide bonds. The molecule has 2 aliphatic rings. The van der Waals surface area contributed by atoms with Gasteiger partial charge in [0, 0.05) is 66.7 Å². The predicted octanol–water partition coefficient (Wildman–Crippen LogP) is 2.90. The lowest BCUT2D eigenvalue weighted by Gasteiger charge is -2.35. The highest BCUT2D eigenvalue weighted by Crippen LogP contribution is 2.50. The van der Waals surface area contributed by atoms with Crippen LogP contribution in [0, 0.1) is 12.8 Å². The molecule has 4 nitrogen and oxygen atoms in total. The van der Waals surface area contributed by atoms with E-state index >= 15 is 0 Å². The molecule has 2 aromatic rings. The summed E-state index contributed by atoms with van der Waals surface area (Å²) >= 11 is 1.84. The van der Waals surface area contributed by atoms with E-state index in [0.29, 0.717) is 11.8 Å². The number of carbonyl (C=O) groups excluding carboxylic acids is 1. The number of aromatic nitrogens is 1. The minimum absolute atomic E-state index is 0.231. The third-order valence-electron chi connectivity index (χ3n) is 5.07. The maximum Gasteiger partial charge on any atom is 0.226 e. The molecule has 0 N–H and O–H groups in total. The smallest absolute Gasteiger partial charge is 0.226 e. The Morgan fingerprint density at radius 2 is 1.92 bits per heavy atom. The molecule has 2 atom stereocenters. The first-order valence-corrected chi connectivity index (χ1v) is 9.49. The van der Waals surface area contributed by atoms with E-state index in [2.05, 4.69) is 46.0 Å². The van der Waals surface area contributed by atoms with Crippen molar-refractivity contribution in [2.24, 2.45) is 5.92 Å². The van der Waals surface area contributed by atoms with Crippen LogP contribution in [0.25, 0.3) is 0 Å². The maximum absolute atomic E-state index is 12.7. The van der Waals surface area contributed by atoms with Gasteiger partial charge in [0.1, 0.15) is 0 Å². The van der Waals surface area contributed by atoms with Crippen molar-refractivity contribution in [2.75, 3.05) is 26.2 Å². The average molecular weight is 341 g/mol. The molecule has 1 saturated heterocycles. The molecule has 2 aromatic heterocycles. The fourth-order valence-electron chi connectivity index (χ4n) is 3.54. The Morgan fingerprint density at radius 3 is 2.58 bits per heavy atom. The van der Waals surface area contributed by atoms with Gasteiger partial charge in [-0.15, -0.1) is 11.3 Å². The Labute approximate surface area is 147 Å². The van der Waals surface area contributed by atoms with Gasteiger partial charge in [-0.1, -0.05) is 0 Å². The molecule has 1 aliphatic carbocycles. The van der Waals surface area contributed by atoms with Crippen molar-refractivity contribution in [1.29, 1.82) is 0 Å². The molecular formula is C19H23N3OS. The number of nitrogens with zero attached hydrogens (tertiary/aromatic N) is 3. The molecule has 0 radical (unpaired) electrons. The summed E-state index contributed by atoms with van der Waals surface area (Å²) in [5.74, 6) is 1.08. The Hall–Kier alpha value is -1.72. The molecule has 4 rings (SSSR count). The van der Waals surface area contributed by atoms with Crippen LogP contribution < -0.4 is 0 Å². The first-order chi connectivity index (χ1) is 11.7. The first kappa shape index (κ1) is 15.8. The topological polar surface area (TPSA) is 36.4 Å². The van der Waals surface area contributed by atoms with Gasteiger partial charge < -0.3 is 4.90 Å². The number of hydrogen-bond donors (Lipinski definition) is 0. The molecule has 24 heavy (non-hydrogen) atoms. The van der Waals surface area contributed by atoms with Crippen molar-refractivity contribution >= 4 is 17.2 Å². The highest BCUT2D eigenvalue weighted by molar-refractivity contribution is 7.12. The molecule has 1 aliphatic heterocycles. The van der Waals surface area contributed by atoms with Crippen molar-refractivity contribution in [3.05, 3.63) is 52.0 Å². The molecule has 126 valence electrons. The SMILES string of the molecule is Cc1ccc([C@@H]2C[C@H]2C(=O)N2CCN(Cc3ccncc3)CC2)s1. The van der Waals surface area contributed by atoms with E-state index in [1.54, 1.807) is 0 Å². The van der Waals surface area contributed by atoms with Crippen LogP contribution in [0.1, 0.15) is 27.7 Å². The molecule has 0 unspecified atom stereocenters. The number of rotatable bonds is 4. The lowest BCUT2D eigenvalue weighted by molar-refractivity contribution is -0.134. The van der Waals surface area contributed by atoms with Gasteiger partial charge in [0.15, 0.2) is 0 Å². The largest absolute Gasteiger partial charge is 0.340 e. The summed E-state index contributed by atoms with van der Waals surface area (Å²) < 4.78 is 0. The van der Waals surface area contributed by atoms with E-state index in [4.69, 9.17) is 0 Å². The number of thiophene rings is 1. The monoisotopic (exact) mass is 341 g/mol. The van der Waals surface area contributed by atoms with Gasteiger partial charge in [-0.05, 0) is 43.2 Å². The predicted molar refractivity (Wildman–Crippen MR) is 96.0 cm³/mol. The number of amides is 1. The van der Waals surface area contributed by atoms with Crippen LogP contribution in [-0.2, 0) is 11.3 Å². The Morgan fingerprint density at radius 1 is 1.17 bits per heavy atom. The van der Waals surface area contributed by atoms with Crippen LogP contribution in [-0.4, -0.2) is 46.9 Å². The van der Waals surface area contributed by atoms with Gasteiger partial charge >= 0.3 is 0 Å². The second-order valence-electron chi connectivity index (χ2n) is 6.85. The van der Waals surface area contributed by atoms with Crippen molar-refractivity contribution in [3.8, 4) is 0 Å². The van der Waals surface area contributed by atoms with Crippen molar-refractivity contribution in [1.82, 2.24) is 14.8 Å². The lowest BCUT2D eigenvalue weighted by Crippen LogP contribution is -2.48. The normalized spacial score (nSPS) is 24.1. The van der Waals surface area contributed by atoms with Crippen molar-refractivity contribution < 1.29 is 4.79 Å². The second-order valence-corrected chi connectivity index (χ2v) is 8.17. The van der Waals surface area contributed by atoms with Crippen molar-refractivity contribution in [2.45, 2.75) is 25.8 Å². The van der Waals surface area contributed by atoms with E-state index in [1.807, 2.05) is 23.7 Å². The van der Waals surface area contributed by atoms with Crippen LogP contribution >= 0.6 is 11.3 Å². The van der Waals surface area contributed by atoms with Gasteiger partial charge in [-0.3, -0.25) is 14.7 Å². The fourth-order valence-corrected chi connectivity index (χ4v) is 4.60. The average Bonchev–Trinajstić information content (AvgIpc) is 3.30. The van der Waals surface area contributed by atoms with E-state index < -0.39 is 0 Å². The third-order valence-corrected chi connectivity index (χ3v) is 6.21. The zero-order valence-corrected chi connectivity index (χ0v) is 14.8. The lowest BCUT2D eigenvalue weighted by atomic mass is 10.2. The highest BCUT2D eigenvalue weighted by Gasteiger charge is 2.46. The summed E-state index contributed by atoms with van der Waals surface area (Å²) in [5.41, 5.74) is 1.29. The molecular weight excluding hydrogens is 318 g/mol. The number of aryl methyl sites for hydroxylation is 1.